The maximum absolute atomic E-state index is 12.5. The van der Waals surface area contributed by atoms with Gasteiger partial charge >= 0.3 is 0 Å². The van der Waals surface area contributed by atoms with E-state index in [0.29, 0.717) is 6.61 Å². The lowest BCUT2D eigenvalue weighted by Gasteiger charge is -2.21. The van der Waals surface area contributed by atoms with E-state index in [4.69, 9.17) is 9.47 Å². The van der Waals surface area contributed by atoms with Gasteiger partial charge in [-0.2, -0.15) is 0 Å². The normalized spacial score (nSPS) is 13.0. The molecule has 0 saturated carbocycles. The fraction of sp³-hybridized carbons (Fsp3) is 0.409. The average Bonchev–Trinajstić information content (AvgIpc) is 2.60. The van der Waals surface area contributed by atoms with E-state index < -0.39 is 6.10 Å². The van der Waals surface area contributed by atoms with Gasteiger partial charge in [0.05, 0.1) is 12.6 Å². The lowest BCUT2D eigenvalue weighted by Crippen LogP contribution is -2.37. The summed E-state index contributed by atoms with van der Waals surface area (Å²) in [5.41, 5.74) is 4.38. The molecule has 26 heavy (non-hydrogen) atoms. The van der Waals surface area contributed by atoms with Gasteiger partial charge in [0.1, 0.15) is 11.5 Å². The molecule has 140 valence electrons. The number of hydrogen-bond acceptors (Lipinski definition) is 3. The molecule has 0 saturated heterocycles. The molecule has 0 aliphatic heterocycles. The number of ether oxygens (including phenoxy) is 2. The zero-order chi connectivity index (χ0) is 19.3. The Labute approximate surface area is 156 Å². The van der Waals surface area contributed by atoms with Gasteiger partial charge in [-0.15, -0.1) is 0 Å². The van der Waals surface area contributed by atoms with Crippen molar-refractivity contribution in [2.45, 2.75) is 53.7 Å². The number of carbonyl (C=O) groups is 1. The lowest BCUT2D eigenvalue weighted by atomic mass is 10.1. The van der Waals surface area contributed by atoms with Crippen molar-refractivity contribution in [3.8, 4) is 11.5 Å². The van der Waals surface area contributed by atoms with Crippen molar-refractivity contribution in [1.29, 1.82) is 0 Å². The van der Waals surface area contributed by atoms with Crippen molar-refractivity contribution in [2.75, 3.05) is 6.61 Å². The molecule has 4 heteroatoms. The lowest BCUT2D eigenvalue weighted by molar-refractivity contribution is -0.127. The smallest absolute Gasteiger partial charge is 0.261 e. The molecule has 0 aliphatic carbocycles. The first-order valence-electron chi connectivity index (χ1n) is 9.09. The monoisotopic (exact) mass is 355 g/mol. The van der Waals surface area contributed by atoms with Crippen LogP contribution in [0.25, 0.3) is 0 Å². The van der Waals surface area contributed by atoms with E-state index in [0.717, 1.165) is 33.8 Å². The first kappa shape index (κ1) is 19.8. The van der Waals surface area contributed by atoms with Gasteiger partial charge in [0.2, 0.25) is 0 Å². The van der Waals surface area contributed by atoms with Crippen molar-refractivity contribution in [2.24, 2.45) is 0 Å². The Morgan fingerprint density at radius 2 is 1.73 bits per heavy atom. The van der Waals surface area contributed by atoms with E-state index in [1.165, 1.54) is 0 Å². The third kappa shape index (κ3) is 5.01. The van der Waals surface area contributed by atoms with Crippen molar-refractivity contribution in [1.82, 2.24) is 5.32 Å². The van der Waals surface area contributed by atoms with Crippen LogP contribution < -0.4 is 14.8 Å². The highest BCUT2D eigenvalue weighted by atomic mass is 16.5. The molecule has 0 bridgehead atoms. The summed E-state index contributed by atoms with van der Waals surface area (Å²) >= 11 is 0. The number of amides is 1. The van der Waals surface area contributed by atoms with Gasteiger partial charge in [0, 0.05) is 0 Å². The van der Waals surface area contributed by atoms with Gasteiger partial charge in [-0.25, -0.2) is 0 Å². The fourth-order valence-corrected chi connectivity index (χ4v) is 2.80. The highest BCUT2D eigenvalue weighted by Gasteiger charge is 2.19. The van der Waals surface area contributed by atoms with Crippen LogP contribution in [0.5, 0.6) is 11.5 Å². The summed E-state index contributed by atoms with van der Waals surface area (Å²) in [6.45, 7) is 12.4. The van der Waals surface area contributed by atoms with E-state index in [2.05, 4.69) is 11.4 Å². The third-order valence-electron chi connectivity index (χ3n) is 4.49. The molecule has 2 aromatic rings. The first-order valence-corrected chi connectivity index (χ1v) is 9.09. The van der Waals surface area contributed by atoms with Gasteiger partial charge in [-0.1, -0.05) is 18.2 Å². The molecule has 2 aromatic carbocycles. The molecule has 2 unspecified atom stereocenters. The van der Waals surface area contributed by atoms with E-state index in [1.54, 1.807) is 6.92 Å². The fourth-order valence-electron chi connectivity index (χ4n) is 2.80. The number of benzene rings is 2. The predicted molar refractivity (Wildman–Crippen MR) is 105 cm³/mol. The van der Waals surface area contributed by atoms with Crippen molar-refractivity contribution >= 4 is 5.91 Å². The van der Waals surface area contributed by atoms with Crippen LogP contribution in [0.2, 0.25) is 0 Å². The second-order valence-electron chi connectivity index (χ2n) is 6.70. The van der Waals surface area contributed by atoms with Gasteiger partial charge in [0.25, 0.3) is 5.91 Å². The molecule has 0 spiro atoms. The molecule has 4 nitrogen and oxygen atoms in total. The Kier molecular flexibility index (Phi) is 6.67. The van der Waals surface area contributed by atoms with Crippen molar-refractivity contribution in [3.05, 3.63) is 58.7 Å². The second kappa shape index (κ2) is 8.75. The number of carbonyl (C=O) groups excluding carboxylic acids is 1. The molecule has 0 aromatic heterocycles. The van der Waals surface area contributed by atoms with Crippen molar-refractivity contribution in [3.63, 3.8) is 0 Å². The Morgan fingerprint density at radius 3 is 2.35 bits per heavy atom. The second-order valence-corrected chi connectivity index (χ2v) is 6.70. The summed E-state index contributed by atoms with van der Waals surface area (Å²) in [5.74, 6) is 1.46. The van der Waals surface area contributed by atoms with E-state index in [1.807, 2.05) is 65.0 Å². The van der Waals surface area contributed by atoms with Crippen molar-refractivity contribution < 1.29 is 14.3 Å². The summed E-state index contributed by atoms with van der Waals surface area (Å²) in [6.07, 6.45) is -0.569. The summed E-state index contributed by atoms with van der Waals surface area (Å²) in [7, 11) is 0. The van der Waals surface area contributed by atoms with E-state index in [-0.39, 0.29) is 11.9 Å². The number of rotatable bonds is 7. The highest BCUT2D eigenvalue weighted by Crippen LogP contribution is 2.24. The number of nitrogens with one attached hydrogen (secondary N) is 1. The SMILES string of the molecule is CCOc1ccc(C(C)NC(=O)C(C)Oc2cc(C)cc(C)c2C)cc1. The first-order chi connectivity index (χ1) is 12.3. The van der Waals surface area contributed by atoms with Gasteiger partial charge < -0.3 is 14.8 Å². The molecule has 0 fully saturated rings. The van der Waals surface area contributed by atoms with Crippen LogP contribution in [-0.2, 0) is 4.79 Å². The maximum atomic E-state index is 12.5. The molecule has 0 heterocycles. The van der Waals surface area contributed by atoms with Crippen LogP contribution in [0.1, 0.15) is 49.1 Å². The van der Waals surface area contributed by atoms with Gasteiger partial charge in [-0.05, 0) is 82.0 Å². The number of aryl methyl sites for hydroxylation is 2. The van der Waals surface area contributed by atoms with Crippen LogP contribution in [0.3, 0.4) is 0 Å². The Bertz CT molecular complexity index is 753. The maximum Gasteiger partial charge on any atom is 0.261 e. The summed E-state index contributed by atoms with van der Waals surface area (Å²) in [6, 6.07) is 11.7. The molecule has 1 amide bonds. The molecule has 0 radical (unpaired) electrons. The highest BCUT2D eigenvalue weighted by molar-refractivity contribution is 5.81. The minimum atomic E-state index is -0.569. The van der Waals surface area contributed by atoms with Crippen LogP contribution in [-0.4, -0.2) is 18.6 Å². The number of hydrogen-bond donors (Lipinski definition) is 1. The van der Waals surface area contributed by atoms with Gasteiger partial charge in [-0.3, -0.25) is 4.79 Å². The molecule has 2 atom stereocenters. The standard InChI is InChI=1S/C22H29NO3/c1-7-25-20-10-8-19(9-11-20)17(5)23-22(24)18(6)26-21-13-14(2)12-15(3)16(21)4/h8-13,17-18H,7H2,1-6H3,(H,23,24). The molecule has 2 rings (SSSR count). The predicted octanol–water partition coefficient (Wildman–Crippen LogP) is 4.66. The molecule has 1 N–H and O–H groups in total. The summed E-state index contributed by atoms with van der Waals surface area (Å²) in [4.78, 5) is 12.5. The Hall–Kier alpha value is -2.49. The largest absolute Gasteiger partial charge is 0.494 e. The zero-order valence-electron chi connectivity index (χ0n) is 16.6. The van der Waals surface area contributed by atoms with E-state index >= 15 is 0 Å². The van der Waals surface area contributed by atoms with Crippen LogP contribution in [0, 0.1) is 20.8 Å². The summed E-state index contributed by atoms with van der Waals surface area (Å²) in [5, 5.41) is 3.01. The Balaban J connectivity index is 2.00. The molecular weight excluding hydrogens is 326 g/mol. The minimum absolute atomic E-state index is 0.107. The topological polar surface area (TPSA) is 47.6 Å². The summed E-state index contributed by atoms with van der Waals surface area (Å²) < 4.78 is 11.4. The minimum Gasteiger partial charge on any atom is -0.494 e. The quantitative estimate of drug-likeness (QED) is 0.786. The van der Waals surface area contributed by atoms with Crippen LogP contribution in [0.15, 0.2) is 36.4 Å². The van der Waals surface area contributed by atoms with Gasteiger partial charge in [0.15, 0.2) is 6.10 Å². The average molecular weight is 355 g/mol. The Morgan fingerprint density at radius 1 is 1.08 bits per heavy atom. The molecular formula is C22H29NO3. The third-order valence-corrected chi connectivity index (χ3v) is 4.49. The van der Waals surface area contributed by atoms with Crippen LogP contribution in [0.4, 0.5) is 0 Å². The molecule has 0 aliphatic rings. The van der Waals surface area contributed by atoms with Crippen LogP contribution >= 0.6 is 0 Å². The zero-order valence-corrected chi connectivity index (χ0v) is 16.6. The van der Waals surface area contributed by atoms with E-state index in [9.17, 15) is 4.79 Å².